The zero-order chi connectivity index (χ0) is 22.3. The molecule has 0 radical (unpaired) electrons. The Morgan fingerprint density at radius 3 is 2.22 bits per heavy atom. The van der Waals surface area contributed by atoms with Gasteiger partial charge in [0.1, 0.15) is 4.32 Å². The highest BCUT2D eigenvalue weighted by Gasteiger charge is 2.31. The van der Waals surface area contributed by atoms with Gasteiger partial charge >= 0.3 is 0 Å². The molecule has 0 unspecified atom stereocenters. The SMILES string of the molecule is O=C(CCCN1C(=O)/C(=C/c2ccc(-c3ccccc3)cc2)SC1=S)Nc1ccccc1. The summed E-state index contributed by atoms with van der Waals surface area (Å²) >= 11 is 6.71. The average molecular weight is 459 g/mol. The second-order valence-corrected chi connectivity index (χ2v) is 9.01. The third-order valence-electron chi connectivity index (χ3n) is 5.03. The first kappa shape index (κ1) is 22.0. The number of hydrogen-bond acceptors (Lipinski definition) is 4. The number of thiocarbonyl (C=S) groups is 1. The molecule has 3 aromatic carbocycles. The number of carbonyl (C=O) groups is 2. The third-order valence-corrected chi connectivity index (χ3v) is 6.41. The van der Waals surface area contributed by atoms with Crippen LogP contribution in [0.4, 0.5) is 5.69 Å². The van der Waals surface area contributed by atoms with Gasteiger partial charge in [0.15, 0.2) is 0 Å². The second kappa shape index (κ2) is 10.4. The monoisotopic (exact) mass is 458 g/mol. The second-order valence-electron chi connectivity index (χ2n) is 7.34. The first-order valence-corrected chi connectivity index (χ1v) is 11.6. The molecule has 1 fully saturated rings. The van der Waals surface area contributed by atoms with E-state index in [4.69, 9.17) is 12.2 Å². The minimum absolute atomic E-state index is 0.0734. The Bertz CT molecular complexity index is 1140. The van der Waals surface area contributed by atoms with Gasteiger partial charge in [-0.25, -0.2) is 0 Å². The Hall–Kier alpha value is -3.22. The van der Waals surface area contributed by atoms with Crippen LogP contribution in [0.5, 0.6) is 0 Å². The first-order chi connectivity index (χ1) is 15.6. The molecule has 1 saturated heterocycles. The van der Waals surface area contributed by atoms with E-state index in [0.29, 0.717) is 28.6 Å². The number of carbonyl (C=O) groups excluding carboxylic acids is 2. The van der Waals surface area contributed by atoms with Crippen molar-refractivity contribution in [3.05, 3.63) is 95.4 Å². The molecule has 0 atom stereocenters. The van der Waals surface area contributed by atoms with Gasteiger partial charge in [-0.15, -0.1) is 0 Å². The van der Waals surface area contributed by atoms with Crippen molar-refractivity contribution in [2.24, 2.45) is 0 Å². The smallest absolute Gasteiger partial charge is 0.266 e. The minimum atomic E-state index is -0.101. The zero-order valence-electron chi connectivity index (χ0n) is 17.4. The number of para-hydroxylation sites is 1. The molecule has 1 N–H and O–H groups in total. The number of rotatable bonds is 7. The van der Waals surface area contributed by atoms with E-state index < -0.39 is 0 Å². The molecule has 2 amide bonds. The van der Waals surface area contributed by atoms with Crippen molar-refractivity contribution in [3.63, 3.8) is 0 Å². The lowest BCUT2D eigenvalue weighted by Crippen LogP contribution is -2.29. The van der Waals surface area contributed by atoms with Crippen molar-refractivity contribution >= 4 is 51.9 Å². The normalized spacial score (nSPS) is 14.8. The van der Waals surface area contributed by atoms with Gasteiger partial charge in [0.2, 0.25) is 5.91 Å². The van der Waals surface area contributed by atoms with Crippen molar-refractivity contribution < 1.29 is 9.59 Å². The number of amides is 2. The van der Waals surface area contributed by atoms with Gasteiger partial charge < -0.3 is 5.32 Å². The van der Waals surface area contributed by atoms with Crippen LogP contribution >= 0.6 is 24.0 Å². The van der Waals surface area contributed by atoms with E-state index in [1.165, 1.54) is 11.8 Å². The summed E-state index contributed by atoms with van der Waals surface area (Å²) in [5.74, 6) is -0.175. The molecule has 0 aromatic heterocycles. The highest BCUT2D eigenvalue weighted by molar-refractivity contribution is 8.26. The van der Waals surface area contributed by atoms with Crippen LogP contribution in [0.2, 0.25) is 0 Å². The van der Waals surface area contributed by atoms with Crippen molar-refractivity contribution in [2.45, 2.75) is 12.8 Å². The maximum absolute atomic E-state index is 12.8. The van der Waals surface area contributed by atoms with Gasteiger partial charge in [-0.05, 0) is 41.3 Å². The predicted octanol–water partition coefficient (Wildman–Crippen LogP) is 5.97. The average Bonchev–Trinajstić information content (AvgIpc) is 3.08. The molecule has 0 bridgehead atoms. The third kappa shape index (κ3) is 5.52. The van der Waals surface area contributed by atoms with E-state index in [9.17, 15) is 9.59 Å². The minimum Gasteiger partial charge on any atom is -0.326 e. The van der Waals surface area contributed by atoms with E-state index in [-0.39, 0.29) is 11.8 Å². The largest absolute Gasteiger partial charge is 0.326 e. The summed E-state index contributed by atoms with van der Waals surface area (Å²) in [7, 11) is 0. The molecule has 1 aliphatic rings. The first-order valence-electron chi connectivity index (χ1n) is 10.4. The topological polar surface area (TPSA) is 49.4 Å². The number of nitrogens with zero attached hydrogens (tertiary/aromatic N) is 1. The highest BCUT2D eigenvalue weighted by Crippen LogP contribution is 2.33. The number of hydrogen-bond donors (Lipinski definition) is 1. The maximum atomic E-state index is 12.8. The van der Waals surface area contributed by atoms with Crippen molar-refractivity contribution in [2.75, 3.05) is 11.9 Å². The van der Waals surface area contributed by atoms with Gasteiger partial charge in [0.25, 0.3) is 5.91 Å². The van der Waals surface area contributed by atoms with E-state index >= 15 is 0 Å². The summed E-state index contributed by atoms with van der Waals surface area (Å²) in [4.78, 5) is 27.1. The Morgan fingerprint density at radius 1 is 0.906 bits per heavy atom. The fraction of sp³-hybridized carbons (Fsp3) is 0.115. The van der Waals surface area contributed by atoms with Crippen LogP contribution < -0.4 is 5.32 Å². The highest BCUT2D eigenvalue weighted by atomic mass is 32.2. The van der Waals surface area contributed by atoms with Gasteiger partial charge in [-0.2, -0.15) is 0 Å². The Balaban J connectivity index is 1.33. The van der Waals surface area contributed by atoms with Crippen LogP contribution in [0.3, 0.4) is 0 Å². The number of benzene rings is 3. The number of anilines is 1. The molecule has 6 heteroatoms. The molecule has 160 valence electrons. The van der Waals surface area contributed by atoms with E-state index in [1.807, 2.05) is 78.9 Å². The fourth-order valence-electron chi connectivity index (χ4n) is 3.39. The summed E-state index contributed by atoms with van der Waals surface area (Å²) in [5, 5.41) is 2.86. The van der Waals surface area contributed by atoms with Crippen molar-refractivity contribution in [1.29, 1.82) is 0 Å². The molecule has 1 heterocycles. The van der Waals surface area contributed by atoms with Crippen molar-refractivity contribution in [3.8, 4) is 11.1 Å². The van der Waals surface area contributed by atoms with Crippen LogP contribution in [0, 0.1) is 0 Å². The summed E-state index contributed by atoms with van der Waals surface area (Å²) in [6.45, 7) is 0.428. The number of thioether (sulfide) groups is 1. The molecule has 4 nitrogen and oxygen atoms in total. The summed E-state index contributed by atoms with van der Waals surface area (Å²) < 4.78 is 0.533. The van der Waals surface area contributed by atoms with Gasteiger partial charge in [-0.1, -0.05) is 96.8 Å². The molecule has 1 aliphatic heterocycles. The Kier molecular flexibility index (Phi) is 7.14. The van der Waals surface area contributed by atoms with E-state index in [1.54, 1.807) is 4.90 Å². The van der Waals surface area contributed by atoms with Gasteiger partial charge in [-0.3, -0.25) is 14.5 Å². The quantitative estimate of drug-likeness (QED) is 0.350. The summed E-state index contributed by atoms with van der Waals surface area (Å²) in [6, 6.07) is 27.6. The summed E-state index contributed by atoms with van der Waals surface area (Å²) in [6.07, 6.45) is 2.74. The Labute approximate surface area is 197 Å². The molecule has 0 saturated carbocycles. The lowest BCUT2D eigenvalue weighted by Gasteiger charge is -2.14. The van der Waals surface area contributed by atoms with Crippen LogP contribution in [0.15, 0.2) is 89.8 Å². The van der Waals surface area contributed by atoms with E-state index in [0.717, 1.165) is 22.4 Å². The molecule has 32 heavy (non-hydrogen) atoms. The molecular weight excluding hydrogens is 436 g/mol. The molecule has 4 rings (SSSR count). The molecule has 0 spiro atoms. The lowest BCUT2D eigenvalue weighted by atomic mass is 10.0. The molecule has 3 aromatic rings. The zero-order valence-corrected chi connectivity index (χ0v) is 19.0. The van der Waals surface area contributed by atoms with Crippen molar-refractivity contribution in [1.82, 2.24) is 4.90 Å². The van der Waals surface area contributed by atoms with E-state index in [2.05, 4.69) is 17.4 Å². The Morgan fingerprint density at radius 2 is 1.53 bits per heavy atom. The van der Waals surface area contributed by atoms with Gasteiger partial charge in [0.05, 0.1) is 4.91 Å². The lowest BCUT2D eigenvalue weighted by molar-refractivity contribution is -0.122. The maximum Gasteiger partial charge on any atom is 0.266 e. The van der Waals surface area contributed by atoms with Crippen LogP contribution in [-0.2, 0) is 9.59 Å². The number of nitrogens with one attached hydrogen (secondary N) is 1. The molecule has 0 aliphatic carbocycles. The van der Waals surface area contributed by atoms with Gasteiger partial charge in [0, 0.05) is 18.7 Å². The predicted molar refractivity (Wildman–Crippen MR) is 136 cm³/mol. The van der Waals surface area contributed by atoms with Crippen LogP contribution in [0.25, 0.3) is 17.2 Å². The fourth-order valence-corrected chi connectivity index (χ4v) is 4.70. The van der Waals surface area contributed by atoms with Crippen LogP contribution in [0.1, 0.15) is 18.4 Å². The molecular formula is C26H22N2O2S2. The van der Waals surface area contributed by atoms with Crippen LogP contribution in [-0.4, -0.2) is 27.6 Å². The standard InChI is InChI=1S/C26H22N2O2S2/c29-24(27-22-10-5-2-6-11-22)12-7-17-28-25(30)23(32-26(28)31)18-19-13-15-21(16-14-19)20-8-3-1-4-9-20/h1-6,8-11,13-16,18H,7,12,17H2,(H,27,29)/b23-18-. The summed E-state index contributed by atoms with van der Waals surface area (Å²) in [5.41, 5.74) is 4.00.